The first-order valence-electron chi connectivity index (χ1n) is 9.12. The van der Waals surface area contributed by atoms with Gasteiger partial charge in [0.15, 0.2) is 0 Å². The summed E-state index contributed by atoms with van der Waals surface area (Å²) < 4.78 is 6.04. The van der Waals surface area contributed by atoms with E-state index in [0.717, 1.165) is 37.3 Å². The number of hydrogen-bond donors (Lipinski definition) is 1. The number of halogens is 1. The smallest absolute Gasteiger partial charge is 0.222 e. The van der Waals surface area contributed by atoms with E-state index >= 15 is 0 Å². The number of nitrogens with one attached hydrogen (secondary N) is 1. The molecule has 25 heavy (non-hydrogen) atoms. The van der Waals surface area contributed by atoms with Crippen LogP contribution in [0.15, 0.2) is 16.9 Å². The highest BCUT2D eigenvalue weighted by Crippen LogP contribution is 2.28. The van der Waals surface area contributed by atoms with Crippen LogP contribution in [0, 0.1) is 23.7 Å². The lowest BCUT2D eigenvalue weighted by Crippen LogP contribution is -2.27. The van der Waals surface area contributed by atoms with Gasteiger partial charge in [0, 0.05) is 38.5 Å². The number of likely N-dealkylation sites (N-methyl/N-ethyl adjacent to an activating group) is 1. The van der Waals surface area contributed by atoms with Crippen molar-refractivity contribution in [3.8, 4) is 11.8 Å². The van der Waals surface area contributed by atoms with E-state index < -0.39 is 0 Å². The maximum atomic E-state index is 5.14. The van der Waals surface area contributed by atoms with Gasteiger partial charge in [-0.1, -0.05) is 18.8 Å². The molecule has 6 heteroatoms. The van der Waals surface area contributed by atoms with Crippen LogP contribution in [0.1, 0.15) is 32.6 Å². The van der Waals surface area contributed by atoms with E-state index in [1.807, 2.05) is 0 Å². The van der Waals surface area contributed by atoms with E-state index in [-0.39, 0.29) is 0 Å². The first-order valence-corrected chi connectivity index (χ1v) is 9.91. The normalized spacial score (nSPS) is 20.2. The van der Waals surface area contributed by atoms with Crippen molar-refractivity contribution in [3.05, 3.63) is 16.9 Å². The lowest BCUT2D eigenvalue weighted by atomic mass is 9.82. The molecule has 0 amide bonds. The fraction of sp³-hybridized carbons (Fsp3) is 0.684. The van der Waals surface area contributed by atoms with Crippen molar-refractivity contribution in [3.63, 3.8) is 0 Å². The lowest BCUT2D eigenvalue weighted by Gasteiger charge is -2.25. The molecule has 0 bridgehead atoms. The van der Waals surface area contributed by atoms with Crippen LogP contribution >= 0.6 is 15.9 Å². The second-order valence-corrected chi connectivity index (χ2v) is 7.42. The molecule has 1 N–H and O–H groups in total. The van der Waals surface area contributed by atoms with Gasteiger partial charge in [-0.25, -0.2) is 9.97 Å². The first-order chi connectivity index (χ1) is 12.2. The molecular formula is C19H29BrN4O. The second kappa shape index (κ2) is 11.5. The monoisotopic (exact) mass is 408 g/mol. The van der Waals surface area contributed by atoms with Crippen LogP contribution in [0.3, 0.4) is 0 Å². The summed E-state index contributed by atoms with van der Waals surface area (Å²) in [4.78, 5) is 10.8. The zero-order chi connectivity index (χ0) is 17.9. The Hall–Kier alpha value is -1.16. The topological polar surface area (TPSA) is 50.3 Å². The Bertz CT molecular complexity index is 547. The minimum Gasteiger partial charge on any atom is -0.383 e. The Morgan fingerprint density at radius 2 is 2.00 bits per heavy atom. The average Bonchev–Trinajstić information content (AvgIpc) is 2.65. The molecule has 1 fully saturated rings. The highest BCUT2D eigenvalue weighted by atomic mass is 79.9. The largest absolute Gasteiger partial charge is 0.383 e. The van der Waals surface area contributed by atoms with Gasteiger partial charge < -0.3 is 10.1 Å². The SMILES string of the molecule is CCN(CC#C[C@H]1CC[C@H](CNc2ncc(Br)cn2)CC1)CCOC. The summed E-state index contributed by atoms with van der Waals surface area (Å²) in [5.41, 5.74) is 0. The summed E-state index contributed by atoms with van der Waals surface area (Å²) in [6, 6.07) is 0. The van der Waals surface area contributed by atoms with Crippen molar-refractivity contribution in [1.29, 1.82) is 0 Å². The third kappa shape index (κ3) is 7.72. The predicted octanol–water partition coefficient (Wildman–Crippen LogP) is 3.43. The maximum Gasteiger partial charge on any atom is 0.222 e. The Labute approximate surface area is 160 Å². The van der Waals surface area contributed by atoms with Crippen LogP contribution in [0.4, 0.5) is 5.95 Å². The van der Waals surface area contributed by atoms with E-state index in [0.29, 0.717) is 17.8 Å². The van der Waals surface area contributed by atoms with Gasteiger partial charge in [-0.3, -0.25) is 4.90 Å². The van der Waals surface area contributed by atoms with Gasteiger partial charge in [0.05, 0.1) is 17.6 Å². The lowest BCUT2D eigenvalue weighted by molar-refractivity contribution is 0.158. The average molecular weight is 409 g/mol. The number of anilines is 1. The zero-order valence-electron chi connectivity index (χ0n) is 15.3. The summed E-state index contributed by atoms with van der Waals surface area (Å²) in [6.07, 6.45) is 8.39. The molecule has 1 saturated carbocycles. The molecule has 1 heterocycles. The molecule has 1 aliphatic rings. The Morgan fingerprint density at radius 1 is 1.28 bits per heavy atom. The van der Waals surface area contributed by atoms with Gasteiger partial charge in [-0.15, -0.1) is 0 Å². The number of methoxy groups -OCH3 is 1. The second-order valence-electron chi connectivity index (χ2n) is 6.51. The number of aromatic nitrogens is 2. The number of rotatable bonds is 8. The quantitative estimate of drug-likeness (QED) is 0.667. The van der Waals surface area contributed by atoms with Crippen molar-refractivity contribution >= 4 is 21.9 Å². The molecule has 1 aromatic heterocycles. The standard InChI is InChI=1S/C19H29BrN4O/c1-3-24(11-12-25-2)10-4-5-16-6-8-17(9-7-16)13-21-19-22-14-18(20)15-23-19/h14-17H,3,6-13H2,1-2H3,(H,21,22,23)/t16-,17-. The Morgan fingerprint density at radius 3 is 2.64 bits per heavy atom. The van der Waals surface area contributed by atoms with Crippen LogP contribution in [0.5, 0.6) is 0 Å². The van der Waals surface area contributed by atoms with Crippen molar-refractivity contribution in [2.24, 2.45) is 11.8 Å². The van der Waals surface area contributed by atoms with Gasteiger partial charge >= 0.3 is 0 Å². The predicted molar refractivity (Wildman–Crippen MR) is 105 cm³/mol. The third-order valence-corrected chi connectivity index (χ3v) is 5.09. The van der Waals surface area contributed by atoms with Gasteiger partial charge in [0.1, 0.15) is 0 Å². The van der Waals surface area contributed by atoms with Gasteiger partial charge in [-0.05, 0) is 54.1 Å². The fourth-order valence-corrected chi connectivity index (χ4v) is 3.23. The van der Waals surface area contributed by atoms with Crippen LogP contribution in [0.2, 0.25) is 0 Å². The van der Waals surface area contributed by atoms with Crippen LogP contribution in [0.25, 0.3) is 0 Å². The first kappa shape index (κ1) is 20.2. The molecular weight excluding hydrogens is 380 g/mol. The van der Waals surface area contributed by atoms with Crippen molar-refractivity contribution < 1.29 is 4.74 Å². The van der Waals surface area contributed by atoms with Crippen molar-refractivity contribution in [2.75, 3.05) is 45.2 Å². The highest BCUT2D eigenvalue weighted by Gasteiger charge is 2.19. The van der Waals surface area contributed by atoms with Gasteiger partial charge in [0.25, 0.3) is 0 Å². The maximum absolute atomic E-state index is 5.14. The van der Waals surface area contributed by atoms with E-state index in [1.54, 1.807) is 19.5 Å². The van der Waals surface area contributed by atoms with E-state index in [4.69, 9.17) is 4.74 Å². The highest BCUT2D eigenvalue weighted by molar-refractivity contribution is 9.10. The van der Waals surface area contributed by atoms with Crippen LogP contribution in [-0.2, 0) is 4.74 Å². The zero-order valence-corrected chi connectivity index (χ0v) is 16.9. The summed E-state index contributed by atoms with van der Waals surface area (Å²) in [5, 5.41) is 3.34. The summed E-state index contributed by atoms with van der Waals surface area (Å²) in [7, 11) is 1.75. The summed E-state index contributed by atoms with van der Waals surface area (Å²) in [6.45, 7) is 6.72. The van der Waals surface area contributed by atoms with Crippen molar-refractivity contribution in [1.82, 2.24) is 14.9 Å². The number of ether oxygens (including phenoxy) is 1. The fourth-order valence-electron chi connectivity index (χ4n) is 3.02. The molecule has 0 aromatic carbocycles. The summed E-state index contributed by atoms with van der Waals surface area (Å²) in [5.74, 6) is 8.81. The molecule has 1 aliphatic carbocycles. The van der Waals surface area contributed by atoms with Crippen LogP contribution in [-0.4, -0.2) is 54.8 Å². The molecule has 138 valence electrons. The van der Waals surface area contributed by atoms with E-state index in [2.05, 4.69) is 54.9 Å². The van der Waals surface area contributed by atoms with Crippen molar-refractivity contribution in [2.45, 2.75) is 32.6 Å². The van der Waals surface area contributed by atoms with Crippen LogP contribution < -0.4 is 5.32 Å². The van der Waals surface area contributed by atoms with E-state index in [9.17, 15) is 0 Å². The minimum absolute atomic E-state index is 0.557. The molecule has 5 nitrogen and oxygen atoms in total. The molecule has 2 rings (SSSR count). The Balaban J connectivity index is 1.65. The number of hydrogen-bond acceptors (Lipinski definition) is 5. The summed E-state index contributed by atoms with van der Waals surface area (Å²) >= 11 is 3.35. The molecule has 0 saturated heterocycles. The molecule has 0 aliphatic heterocycles. The van der Waals surface area contributed by atoms with E-state index in [1.165, 1.54) is 25.7 Å². The Kier molecular flexibility index (Phi) is 9.23. The minimum atomic E-state index is 0.557. The third-order valence-electron chi connectivity index (χ3n) is 4.68. The molecule has 0 unspecified atom stereocenters. The molecule has 1 aromatic rings. The number of nitrogens with zero attached hydrogens (tertiary/aromatic N) is 3. The van der Waals surface area contributed by atoms with Gasteiger partial charge in [-0.2, -0.15) is 0 Å². The molecule has 0 radical (unpaired) electrons. The molecule has 0 spiro atoms. The molecule has 0 atom stereocenters. The van der Waals surface area contributed by atoms with Gasteiger partial charge in [0.2, 0.25) is 5.95 Å².